The molecule has 9 heteroatoms. The number of amides is 1. The van der Waals surface area contributed by atoms with Crippen LogP contribution < -0.4 is 0 Å². The van der Waals surface area contributed by atoms with Crippen molar-refractivity contribution in [3.63, 3.8) is 0 Å². The fourth-order valence-electron chi connectivity index (χ4n) is 2.68. The summed E-state index contributed by atoms with van der Waals surface area (Å²) in [5.41, 5.74) is -4.11. The van der Waals surface area contributed by atoms with E-state index in [9.17, 15) is 26.4 Å². The summed E-state index contributed by atoms with van der Waals surface area (Å²) in [5, 5.41) is 0. The van der Waals surface area contributed by atoms with Crippen molar-refractivity contribution < 1.29 is 26.4 Å². The van der Waals surface area contributed by atoms with Crippen LogP contribution in [-0.4, -0.2) is 48.8 Å². The molecule has 0 radical (unpaired) electrons. The summed E-state index contributed by atoms with van der Waals surface area (Å²) in [5.74, 6) is -0.338. The first-order chi connectivity index (χ1) is 11.1. The van der Waals surface area contributed by atoms with Gasteiger partial charge in [0.15, 0.2) is 9.84 Å². The number of alkyl halides is 3. The van der Waals surface area contributed by atoms with Crippen LogP contribution in [0.15, 0.2) is 29.2 Å². The molecule has 0 aliphatic carbocycles. The second kappa shape index (κ2) is 7.35. The van der Waals surface area contributed by atoms with Gasteiger partial charge in [0.25, 0.3) is 5.91 Å². The quantitative estimate of drug-likeness (QED) is 0.734. The number of hydrogen-bond acceptors (Lipinski definition) is 4. The highest BCUT2D eigenvalue weighted by Gasteiger charge is 2.34. The van der Waals surface area contributed by atoms with Gasteiger partial charge in [-0.1, -0.05) is 6.92 Å². The molecule has 1 saturated heterocycles. The van der Waals surface area contributed by atoms with E-state index in [1.165, 1.54) is 29.2 Å². The predicted molar refractivity (Wildman–Crippen MR) is 86.7 cm³/mol. The van der Waals surface area contributed by atoms with Gasteiger partial charge in [-0.05, 0) is 48.9 Å². The fourth-order valence-corrected chi connectivity index (χ4v) is 4.95. The minimum absolute atomic E-state index is 0.00420. The molecule has 0 saturated carbocycles. The number of benzene rings is 1. The Morgan fingerprint density at radius 3 is 2.38 bits per heavy atom. The predicted octanol–water partition coefficient (Wildman–Crippen LogP) is 3.34. The molecule has 1 unspecified atom stereocenters. The zero-order valence-corrected chi connectivity index (χ0v) is 14.7. The molecule has 24 heavy (non-hydrogen) atoms. The smallest absolute Gasteiger partial charge is 0.335 e. The van der Waals surface area contributed by atoms with E-state index in [4.69, 9.17) is 0 Å². The van der Waals surface area contributed by atoms with E-state index in [0.717, 1.165) is 0 Å². The van der Waals surface area contributed by atoms with E-state index in [2.05, 4.69) is 0 Å². The molecule has 0 spiro atoms. The number of carbonyl (C=O) groups excluding carboxylic acids is 1. The van der Waals surface area contributed by atoms with E-state index in [1.807, 2.05) is 6.92 Å². The van der Waals surface area contributed by atoms with Gasteiger partial charge in [0.2, 0.25) is 0 Å². The Labute approximate surface area is 143 Å². The lowest BCUT2D eigenvalue weighted by molar-refractivity contribution is -0.0328. The lowest BCUT2D eigenvalue weighted by Crippen LogP contribution is -2.41. The van der Waals surface area contributed by atoms with Gasteiger partial charge in [0, 0.05) is 23.0 Å². The maximum atomic E-state index is 12.6. The first-order valence-electron chi connectivity index (χ1n) is 7.48. The molecule has 4 nitrogen and oxygen atoms in total. The van der Waals surface area contributed by atoms with Gasteiger partial charge < -0.3 is 4.90 Å². The molecule has 0 bridgehead atoms. The van der Waals surface area contributed by atoms with Crippen molar-refractivity contribution in [1.82, 2.24) is 4.90 Å². The van der Waals surface area contributed by atoms with Crippen molar-refractivity contribution in [3.8, 4) is 0 Å². The van der Waals surface area contributed by atoms with Crippen LogP contribution in [0.5, 0.6) is 0 Å². The van der Waals surface area contributed by atoms with E-state index >= 15 is 0 Å². The number of thioether (sulfide) groups is 1. The molecular weight excluding hydrogens is 363 g/mol. The number of nitrogens with zero attached hydrogens (tertiary/aromatic N) is 1. The molecule has 2 rings (SSSR count). The summed E-state index contributed by atoms with van der Waals surface area (Å²) >= 11 is -0.239. The van der Waals surface area contributed by atoms with E-state index < -0.39 is 15.3 Å². The summed E-state index contributed by atoms with van der Waals surface area (Å²) in [6.45, 7) is 2.30. The maximum absolute atomic E-state index is 12.6. The molecule has 0 N–H and O–H groups in total. The Hall–Kier alpha value is -1.22. The minimum atomic E-state index is -4.38. The molecule has 1 atom stereocenters. The number of rotatable bonds is 5. The number of hydrogen-bond donors (Lipinski definition) is 0. The van der Waals surface area contributed by atoms with Crippen LogP contribution in [0, 0.1) is 0 Å². The zero-order valence-electron chi connectivity index (χ0n) is 13.0. The summed E-state index contributed by atoms with van der Waals surface area (Å²) in [7, 11) is -3.12. The highest BCUT2D eigenvalue weighted by atomic mass is 32.2. The normalized spacial score (nSPS) is 20.1. The van der Waals surface area contributed by atoms with Crippen LogP contribution in [0.3, 0.4) is 0 Å². The van der Waals surface area contributed by atoms with Gasteiger partial charge in [-0.25, -0.2) is 8.42 Å². The van der Waals surface area contributed by atoms with E-state index in [1.54, 1.807) is 0 Å². The monoisotopic (exact) mass is 381 g/mol. The van der Waals surface area contributed by atoms with Crippen LogP contribution >= 0.6 is 11.8 Å². The number of sulfone groups is 1. The van der Waals surface area contributed by atoms with Crippen LogP contribution in [0.4, 0.5) is 13.2 Å². The van der Waals surface area contributed by atoms with Gasteiger partial charge in [0.05, 0.1) is 11.5 Å². The van der Waals surface area contributed by atoms with Crippen molar-refractivity contribution >= 4 is 27.5 Å². The third-order valence-electron chi connectivity index (χ3n) is 3.71. The second-order valence-corrected chi connectivity index (χ2v) is 8.99. The first kappa shape index (κ1) is 19.1. The molecule has 1 aliphatic heterocycles. The summed E-state index contributed by atoms with van der Waals surface area (Å²) in [6.07, 6.45) is 1.07. The second-order valence-electron chi connectivity index (χ2n) is 5.63. The van der Waals surface area contributed by atoms with Gasteiger partial charge in [-0.15, -0.1) is 0 Å². The van der Waals surface area contributed by atoms with Crippen molar-refractivity contribution in [2.75, 3.05) is 18.1 Å². The van der Waals surface area contributed by atoms with Crippen LogP contribution in [0.25, 0.3) is 0 Å². The third-order valence-corrected chi connectivity index (χ3v) is 6.20. The molecule has 134 valence electrons. The maximum Gasteiger partial charge on any atom is 0.446 e. The Morgan fingerprint density at radius 2 is 1.92 bits per heavy atom. The molecule has 1 aliphatic rings. The Balaban J connectivity index is 2.15. The highest BCUT2D eigenvalue weighted by Crippen LogP contribution is 2.36. The van der Waals surface area contributed by atoms with E-state index in [-0.39, 0.29) is 45.7 Å². The Morgan fingerprint density at radius 1 is 1.29 bits per heavy atom. The number of halogens is 3. The molecule has 1 aromatic carbocycles. The van der Waals surface area contributed by atoms with Crippen molar-refractivity contribution in [1.29, 1.82) is 0 Å². The molecule has 1 heterocycles. The van der Waals surface area contributed by atoms with Gasteiger partial charge in [-0.3, -0.25) is 4.79 Å². The molecular formula is C15H18F3NO3S2. The topological polar surface area (TPSA) is 54.5 Å². The standard InChI is InChI=1S/C15H18F3NO3S2/c1-2-8-19(12-7-9-24(21,22)10-12)14(20)11-3-5-13(6-4-11)23-15(16,17)18/h3-6,12H,2,7-10H2,1H3. The average Bonchev–Trinajstić information content (AvgIpc) is 2.83. The molecule has 1 fully saturated rings. The molecule has 1 amide bonds. The van der Waals surface area contributed by atoms with Gasteiger partial charge in [-0.2, -0.15) is 13.2 Å². The molecule has 1 aromatic rings. The number of carbonyl (C=O) groups is 1. The van der Waals surface area contributed by atoms with Crippen molar-refractivity contribution in [3.05, 3.63) is 29.8 Å². The van der Waals surface area contributed by atoms with Crippen LogP contribution in [-0.2, 0) is 9.84 Å². The zero-order chi connectivity index (χ0) is 18.0. The fraction of sp³-hybridized carbons (Fsp3) is 0.533. The Bertz CT molecular complexity index is 687. The summed E-state index contributed by atoms with van der Waals surface area (Å²) < 4.78 is 60.3. The Kier molecular flexibility index (Phi) is 5.85. The van der Waals surface area contributed by atoms with Crippen LogP contribution in [0.1, 0.15) is 30.1 Å². The SMILES string of the molecule is CCCN(C(=O)c1ccc(SC(F)(F)F)cc1)C1CCS(=O)(=O)C1. The van der Waals surface area contributed by atoms with Crippen LogP contribution in [0.2, 0.25) is 0 Å². The first-order valence-corrected chi connectivity index (χ1v) is 10.1. The van der Waals surface area contributed by atoms with Crippen molar-refractivity contribution in [2.45, 2.75) is 36.2 Å². The molecule has 0 aromatic heterocycles. The lowest BCUT2D eigenvalue weighted by atomic mass is 10.1. The average molecular weight is 381 g/mol. The third kappa shape index (κ3) is 5.14. The van der Waals surface area contributed by atoms with Gasteiger partial charge >= 0.3 is 5.51 Å². The summed E-state index contributed by atoms with van der Waals surface area (Å²) in [6, 6.07) is 4.83. The van der Waals surface area contributed by atoms with Gasteiger partial charge in [0.1, 0.15) is 0 Å². The minimum Gasteiger partial charge on any atom is -0.335 e. The highest BCUT2D eigenvalue weighted by molar-refractivity contribution is 8.00. The summed E-state index contributed by atoms with van der Waals surface area (Å²) in [4.78, 5) is 14.2. The lowest BCUT2D eigenvalue weighted by Gasteiger charge is -2.28. The van der Waals surface area contributed by atoms with Crippen molar-refractivity contribution in [2.24, 2.45) is 0 Å². The van der Waals surface area contributed by atoms with E-state index in [0.29, 0.717) is 19.4 Å². The largest absolute Gasteiger partial charge is 0.446 e.